The minimum atomic E-state index is 0.110. The lowest BCUT2D eigenvalue weighted by Gasteiger charge is -2.09. The van der Waals surface area contributed by atoms with E-state index in [-0.39, 0.29) is 16.8 Å². The standard InChI is InChI=1S/C21H12N4/c1-14-8-20(25-13-19(14)15-6-4-3-5-7-15)16-9-17(11-22)18(12-23)21(10-16)24-2/h3-10,13H,1H3. The summed E-state index contributed by atoms with van der Waals surface area (Å²) in [6.45, 7) is 9.25. The first-order valence-corrected chi connectivity index (χ1v) is 7.56. The highest BCUT2D eigenvalue weighted by Crippen LogP contribution is 2.31. The first-order valence-electron chi connectivity index (χ1n) is 7.56. The largest absolute Gasteiger partial charge is 0.256 e. The van der Waals surface area contributed by atoms with Crippen LogP contribution in [0.4, 0.5) is 5.69 Å². The monoisotopic (exact) mass is 320 g/mol. The Kier molecular flexibility index (Phi) is 4.25. The predicted octanol–water partition coefficient (Wildman–Crippen LogP) is 5.02. The second kappa shape index (κ2) is 6.67. The minimum Gasteiger partial charge on any atom is -0.256 e. The van der Waals surface area contributed by atoms with Crippen LogP contribution in [0.5, 0.6) is 0 Å². The summed E-state index contributed by atoms with van der Waals surface area (Å²) < 4.78 is 0. The van der Waals surface area contributed by atoms with Gasteiger partial charge in [0.05, 0.1) is 35.5 Å². The molecule has 0 bridgehead atoms. The molecule has 4 nitrogen and oxygen atoms in total. The van der Waals surface area contributed by atoms with Gasteiger partial charge < -0.3 is 0 Å². The third kappa shape index (κ3) is 2.95. The van der Waals surface area contributed by atoms with Crippen molar-refractivity contribution < 1.29 is 0 Å². The van der Waals surface area contributed by atoms with E-state index in [4.69, 9.17) is 11.8 Å². The summed E-state index contributed by atoms with van der Waals surface area (Å²) in [6, 6.07) is 19.0. The molecule has 0 N–H and O–H groups in total. The molecule has 0 aliphatic heterocycles. The molecule has 3 rings (SSSR count). The number of pyridine rings is 1. The number of nitrogens with zero attached hydrogens (tertiary/aromatic N) is 4. The van der Waals surface area contributed by atoms with Crippen molar-refractivity contribution in [1.82, 2.24) is 4.98 Å². The number of nitriles is 2. The van der Waals surface area contributed by atoms with Crippen LogP contribution < -0.4 is 0 Å². The zero-order valence-electron chi connectivity index (χ0n) is 13.5. The van der Waals surface area contributed by atoms with Crippen LogP contribution in [-0.4, -0.2) is 4.98 Å². The Hall–Kier alpha value is -3.94. The molecule has 4 heteroatoms. The highest BCUT2D eigenvalue weighted by Gasteiger charge is 2.13. The summed E-state index contributed by atoms with van der Waals surface area (Å²) >= 11 is 0. The van der Waals surface area contributed by atoms with Gasteiger partial charge in [0.15, 0.2) is 0 Å². The molecule has 0 aliphatic rings. The Bertz CT molecular complexity index is 1040. The van der Waals surface area contributed by atoms with Crippen molar-refractivity contribution in [2.24, 2.45) is 0 Å². The van der Waals surface area contributed by atoms with Crippen molar-refractivity contribution in [1.29, 1.82) is 10.5 Å². The Morgan fingerprint density at radius 1 is 1.00 bits per heavy atom. The SMILES string of the molecule is [C-]#[N+]c1cc(-c2cc(C)c(-c3ccccc3)cn2)cc(C#N)c1C#N. The van der Waals surface area contributed by atoms with E-state index >= 15 is 0 Å². The van der Waals surface area contributed by atoms with Crippen molar-refractivity contribution in [3.05, 3.63) is 82.8 Å². The van der Waals surface area contributed by atoms with Crippen molar-refractivity contribution in [2.45, 2.75) is 6.92 Å². The highest BCUT2D eigenvalue weighted by molar-refractivity contribution is 5.76. The van der Waals surface area contributed by atoms with Gasteiger partial charge in [-0.15, -0.1) is 0 Å². The average molecular weight is 320 g/mol. The van der Waals surface area contributed by atoms with E-state index in [2.05, 4.69) is 9.83 Å². The predicted molar refractivity (Wildman–Crippen MR) is 95.5 cm³/mol. The molecule has 1 heterocycles. The summed E-state index contributed by atoms with van der Waals surface area (Å²) in [5, 5.41) is 18.4. The summed E-state index contributed by atoms with van der Waals surface area (Å²) in [5.74, 6) is 0. The van der Waals surface area contributed by atoms with Gasteiger partial charge >= 0.3 is 0 Å². The number of aryl methyl sites for hydroxylation is 1. The van der Waals surface area contributed by atoms with Gasteiger partial charge in [0.1, 0.15) is 0 Å². The van der Waals surface area contributed by atoms with Gasteiger partial charge in [-0.25, -0.2) is 4.85 Å². The van der Waals surface area contributed by atoms with Crippen LogP contribution in [0.25, 0.3) is 27.2 Å². The maximum atomic E-state index is 9.26. The molecule has 0 aliphatic carbocycles. The number of benzene rings is 2. The molecule has 25 heavy (non-hydrogen) atoms. The molecule has 0 fully saturated rings. The molecule has 0 saturated heterocycles. The molecule has 0 spiro atoms. The molecular weight excluding hydrogens is 308 g/mol. The Labute approximate surface area is 146 Å². The maximum absolute atomic E-state index is 9.26. The third-order valence-electron chi connectivity index (χ3n) is 3.96. The second-order valence-electron chi connectivity index (χ2n) is 5.50. The first kappa shape index (κ1) is 15.9. The van der Waals surface area contributed by atoms with Crippen LogP contribution in [0.15, 0.2) is 54.7 Å². The van der Waals surface area contributed by atoms with Crippen LogP contribution in [0.3, 0.4) is 0 Å². The normalized spacial score (nSPS) is 9.68. The Morgan fingerprint density at radius 3 is 2.36 bits per heavy atom. The molecule has 0 saturated carbocycles. The summed E-state index contributed by atoms with van der Waals surface area (Å²) in [5.41, 5.74) is 4.96. The van der Waals surface area contributed by atoms with Crippen molar-refractivity contribution >= 4 is 5.69 Å². The lowest BCUT2D eigenvalue weighted by atomic mass is 9.98. The molecule has 0 amide bonds. The van der Waals surface area contributed by atoms with Gasteiger partial charge in [-0.1, -0.05) is 30.3 Å². The first-order chi connectivity index (χ1) is 12.2. The van der Waals surface area contributed by atoms with E-state index in [1.165, 1.54) is 0 Å². The number of rotatable bonds is 2. The molecule has 0 atom stereocenters. The highest BCUT2D eigenvalue weighted by atomic mass is 14.7. The van der Waals surface area contributed by atoms with Gasteiger partial charge in [0.2, 0.25) is 5.69 Å². The number of hydrogen-bond donors (Lipinski definition) is 0. The summed E-state index contributed by atoms with van der Waals surface area (Å²) in [4.78, 5) is 7.87. The lowest BCUT2D eigenvalue weighted by Crippen LogP contribution is -1.92. The Balaban J connectivity index is 2.13. The van der Waals surface area contributed by atoms with E-state index in [9.17, 15) is 5.26 Å². The van der Waals surface area contributed by atoms with E-state index in [1.807, 2.05) is 55.5 Å². The number of aromatic nitrogens is 1. The summed E-state index contributed by atoms with van der Waals surface area (Å²) in [6.07, 6.45) is 1.79. The molecule has 116 valence electrons. The van der Waals surface area contributed by atoms with E-state index in [1.54, 1.807) is 18.3 Å². The van der Waals surface area contributed by atoms with E-state index < -0.39 is 0 Å². The fourth-order valence-corrected chi connectivity index (χ4v) is 2.70. The molecule has 1 aromatic heterocycles. The van der Waals surface area contributed by atoms with Crippen LogP contribution >= 0.6 is 0 Å². The van der Waals surface area contributed by atoms with Gasteiger partial charge in [0, 0.05) is 11.8 Å². The second-order valence-corrected chi connectivity index (χ2v) is 5.50. The van der Waals surface area contributed by atoms with E-state index in [0.29, 0.717) is 11.3 Å². The quantitative estimate of drug-likeness (QED) is 0.623. The Morgan fingerprint density at radius 2 is 1.76 bits per heavy atom. The summed E-state index contributed by atoms with van der Waals surface area (Å²) in [7, 11) is 0. The smallest absolute Gasteiger partial charge is 0.206 e. The average Bonchev–Trinajstić information content (AvgIpc) is 2.67. The lowest BCUT2D eigenvalue weighted by molar-refractivity contribution is 1.28. The van der Waals surface area contributed by atoms with E-state index in [0.717, 1.165) is 16.7 Å². The van der Waals surface area contributed by atoms with Crippen LogP contribution in [0.2, 0.25) is 0 Å². The van der Waals surface area contributed by atoms with Gasteiger partial charge in [-0.05, 0) is 41.8 Å². The molecule has 0 unspecified atom stereocenters. The molecule has 0 radical (unpaired) electrons. The van der Waals surface area contributed by atoms with Crippen LogP contribution in [0, 0.1) is 36.2 Å². The van der Waals surface area contributed by atoms with Crippen LogP contribution in [0.1, 0.15) is 16.7 Å². The minimum absolute atomic E-state index is 0.110. The zero-order chi connectivity index (χ0) is 17.8. The molecular formula is C21H12N4. The van der Waals surface area contributed by atoms with Gasteiger partial charge in [-0.3, -0.25) is 4.98 Å². The topological polar surface area (TPSA) is 64.8 Å². The van der Waals surface area contributed by atoms with Gasteiger partial charge in [-0.2, -0.15) is 10.5 Å². The molecule has 2 aromatic carbocycles. The molecule has 3 aromatic rings. The fraction of sp³-hybridized carbons (Fsp3) is 0.0476. The van der Waals surface area contributed by atoms with Gasteiger partial charge in [0.25, 0.3) is 0 Å². The van der Waals surface area contributed by atoms with Crippen LogP contribution in [-0.2, 0) is 0 Å². The number of hydrogen-bond acceptors (Lipinski definition) is 3. The van der Waals surface area contributed by atoms with Crippen molar-refractivity contribution in [2.75, 3.05) is 0 Å². The van der Waals surface area contributed by atoms with Crippen molar-refractivity contribution in [3.8, 4) is 34.5 Å². The van der Waals surface area contributed by atoms with Crippen molar-refractivity contribution in [3.63, 3.8) is 0 Å². The zero-order valence-corrected chi connectivity index (χ0v) is 13.5. The third-order valence-corrected chi connectivity index (χ3v) is 3.96. The fourth-order valence-electron chi connectivity index (χ4n) is 2.70. The maximum Gasteiger partial charge on any atom is 0.206 e.